The number of benzene rings is 2. The lowest BCUT2D eigenvalue weighted by atomic mass is 9.83. The van der Waals surface area contributed by atoms with Crippen molar-refractivity contribution in [2.24, 2.45) is 0 Å². The molecule has 2 aromatic carbocycles. The van der Waals surface area contributed by atoms with Gasteiger partial charge >= 0.3 is 6.09 Å². The van der Waals surface area contributed by atoms with Crippen LogP contribution in [0.1, 0.15) is 56.7 Å². The molecule has 1 heterocycles. The van der Waals surface area contributed by atoms with Gasteiger partial charge in [0.15, 0.2) is 0 Å². The van der Waals surface area contributed by atoms with Gasteiger partial charge in [0, 0.05) is 6.54 Å². The number of rotatable bonds is 2. The van der Waals surface area contributed by atoms with E-state index in [1.807, 2.05) is 49.9 Å². The second kappa shape index (κ2) is 7.30. The van der Waals surface area contributed by atoms with E-state index in [4.69, 9.17) is 4.74 Å². The first-order valence-electron chi connectivity index (χ1n) is 9.03. The largest absolute Gasteiger partial charge is 0.444 e. The van der Waals surface area contributed by atoms with E-state index in [2.05, 4.69) is 36.4 Å². The molecule has 25 heavy (non-hydrogen) atoms. The Morgan fingerprint density at radius 1 is 0.960 bits per heavy atom. The third-order valence-corrected chi connectivity index (χ3v) is 4.69. The molecule has 3 nitrogen and oxygen atoms in total. The first-order valence-corrected chi connectivity index (χ1v) is 9.03. The fourth-order valence-electron chi connectivity index (χ4n) is 3.52. The average Bonchev–Trinajstić information content (AvgIpc) is 2.61. The highest BCUT2D eigenvalue weighted by molar-refractivity contribution is 5.69. The Morgan fingerprint density at radius 2 is 1.52 bits per heavy atom. The van der Waals surface area contributed by atoms with E-state index < -0.39 is 5.60 Å². The van der Waals surface area contributed by atoms with Crippen LogP contribution in [0.4, 0.5) is 4.79 Å². The maximum absolute atomic E-state index is 12.7. The molecule has 0 radical (unpaired) electrons. The summed E-state index contributed by atoms with van der Waals surface area (Å²) in [6.45, 7) is 6.46. The number of hydrogen-bond donors (Lipinski definition) is 0. The molecule has 1 aliphatic heterocycles. The van der Waals surface area contributed by atoms with Gasteiger partial charge in [-0.3, -0.25) is 0 Å². The second-order valence-corrected chi connectivity index (χ2v) is 7.73. The number of hydrogen-bond acceptors (Lipinski definition) is 2. The van der Waals surface area contributed by atoms with Crippen LogP contribution in [0.25, 0.3) is 0 Å². The van der Waals surface area contributed by atoms with E-state index in [0.717, 1.165) is 12.8 Å². The molecule has 0 aromatic heterocycles. The first-order chi connectivity index (χ1) is 11.9. The summed E-state index contributed by atoms with van der Waals surface area (Å²) < 4.78 is 5.66. The van der Waals surface area contributed by atoms with Gasteiger partial charge < -0.3 is 9.64 Å². The van der Waals surface area contributed by atoms with Gasteiger partial charge in [-0.05, 0) is 50.7 Å². The van der Waals surface area contributed by atoms with E-state index in [-0.39, 0.29) is 12.1 Å². The highest BCUT2D eigenvalue weighted by atomic mass is 16.6. The first kappa shape index (κ1) is 17.5. The van der Waals surface area contributed by atoms with E-state index in [1.165, 1.54) is 11.1 Å². The Labute approximate surface area is 150 Å². The molecular formula is C22H27NO2. The standard InChI is InChI=1S/C22H27NO2/c1-22(2,3)25-21(24)23-15-14-19(17-10-6-4-7-11-17)16-20(23)18-12-8-5-9-13-18/h4-13,19-20H,14-16H2,1-3H3/t19-,20-/m1/s1. The molecule has 0 spiro atoms. The molecule has 0 unspecified atom stereocenters. The van der Waals surface area contributed by atoms with Crippen LogP contribution in [0, 0.1) is 0 Å². The zero-order valence-electron chi connectivity index (χ0n) is 15.3. The molecule has 2 atom stereocenters. The molecule has 0 aliphatic carbocycles. The van der Waals surface area contributed by atoms with Crippen LogP contribution in [-0.2, 0) is 4.74 Å². The molecule has 0 saturated carbocycles. The van der Waals surface area contributed by atoms with Gasteiger partial charge in [-0.2, -0.15) is 0 Å². The maximum Gasteiger partial charge on any atom is 0.410 e. The number of likely N-dealkylation sites (tertiary alicyclic amines) is 1. The van der Waals surface area contributed by atoms with Crippen molar-refractivity contribution < 1.29 is 9.53 Å². The van der Waals surface area contributed by atoms with Crippen LogP contribution in [-0.4, -0.2) is 23.1 Å². The van der Waals surface area contributed by atoms with Crippen molar-refractivity contribution in [3.05, 3.63) is 71.8 Å². The zero-order valence-corrected chi connectivity index (χ0v) is 15.3. The van der Waals surface area contributed by atoms with E-state index in [0.29, 0.717) is 12.5 Å². The third-order valence-electron chi connectivity index (χ3n) is 4.69. The van der Waals surface area contributed by atoms with Gasteiger partial charge in [0.05, 0.1) is 6.04 Å². The van der Waals surface area contributed by atoms with E-state index in [1.54, 1.807) is 0 Å². The van der Waals surface area contributed by atoms with Crippen molar-refractivity contribution >= 4 is 6.09 Å². The number of carbonyl (C=O) groups is 1. The van der Waals surface area contributed by atoms with Crippen molar-refractivity contribution in [2.45, 2.75) is 51.2 Å². The summed E-state index contributed by atoms with van der Waals surface area (Å²) >= 11 is 0. The van der Waals surface area contributed by atoms with Gasteiger partial charge in [0.2, 0.25) is 0 Å². The van der Waals surface area contributed by atoms with Crippen LogP contribution in [0.15, 0.2) is 60.7 Å². The van der Waals surface area contributed by atoms with Crippen molar-refractivity contribution in [3.8, 4) is 0 Å². The summed E-state index contributed by atoms with van der Waals surface area (Å²) in [5.74, 6) is 0.463. The van der Waals surface area contributed by atoms with Gasteiger partial charge in [0.1, 0.15) is 5.60 Å². The topological polar surface area (TPSA) is 29.5 Å². The summed E-state index contributed by atoms with van der Waals surface area (Å²) in [5, 5.41) is 0. The number of amides is 1. The molecule has 3 rings (SSSR count). The minimum absolute atomic E-state index is 0.0509. The molecule has 3 heteroatoms. The molecular weight excluding hydrogens is 310 g/mol. The molecule has 0 N–H and O–H groups in total. The third kappa shape index (κ3) is 4.41. The number of ether oxygens (including phenoxy) is 1. The fraction of sp³-hybridized carbons (Fsp3) is 0.409. The Morgan fingerprint density at radius 3 is 2.08 bits per heavy atom. The minimum Gasteiger partial charge on any atom is -0.444 e. The summed E-state index contributed by atoms with van der Waals surface area (Å²) in [5.41, 5.74) is 2.05. The maximum atomic E-state index is 12.7. The normalized spacial score (nSPS) is 21.0. The lowest BCUT2D eigenvalue weighted by Gasteiger charge is -2.40. The zero-order chi connectivity index (χ0) is 17.9. The molecule has 0 bridgehead atoms. The summed E-state index contributed by atoms with van der Waals surface area (Å²) in [6, 6.07) is 21.0. The van der Waals surface area contributed by atoms with Gasteiger partial charge in [-0.15, -0.1) is 0 Å². The molecule has 1 saturated heterocycles. The number of piperidine rings is 1. The smallest absolute Gasteiger partial charge is 0.410 e. The monoisotopic (exact) mass is 337 g/mol. The highest BCUT2D eigenvalue weighted by Crippen LogP contribution is 2.39. The Bertz CT molecular complexity index is 691. The summed E-state index contributed by atoms with van der Waals surface area (Å²) in [7, 11) is 0. The summed E-state index contributed by atoms with van der Waals surface area (Å²) in [6.07, 6.45) is 1.67. The lowest BCUT2D eigenvalue weighted by Crippen LogP contribution is -2.43. The average molecular weight is 337 g/mol. The van der Waals surface area contributed by atoms with Crippen LogP contribution < -0.4 is 0 Å². The number of carbonyl (C=O) groups excluding carboxylic acids is 1. The Balaban J connectivity index is 1.85. The fourth-order valence-corrected chi connectivity index (χ4v) is 3.52. The van der Waals surface area contributed by atoms with Crippen LogP contribution in [0.5, 0.6) is 0 Å². The van der Waals surface area contributed by atoms with E-state index >= 15 is 0 Å². The summed E-state index contributed by atoms with van der Waals surface area (Å²) in [4.78, 5) is 14.6. The van der Waals surface area contributed by atoms with Gasteiger partial charge in [-0.1, -0.05) is 60.7 Å². The van der Waals surface area contributed by atoms with Gasteiger partial charge in [-0.25, -0.2) is 4.79 Å². The van der Waals surface area contributed by atoms with Crippen molar-refractivity contribution in [1.82, 2.24) is 4.90 Å². The van der Waals surface area contributed by atoms with Crippen molar-refractivity contribution in [3.63, 3.8) is 0 Å². The van der Waals surface area contributed by atoms with E-state index in [9.17, 15) is 4.79 Å². The van der Waals surface area contributed by atoms with Crippen molar-refractivity contribution in [1.29, 1.82) is 0 Å². The molecule has 2 aromatic rings. The predicted molar refractivity (Wildman–Crippen MR) is 101 cm³/mol. The van der Waals surface area contributed by atoms with Crippen molar-refractivity contribution in [2.75, 3.05) is 6.54 Å². The second-order valence-electron chi connectivity index (χ2n) is 7.73. The molecule has 1 aliphatic rings. The van der Waals surface area contributed by atoms with Crippen LogP contribution >= 0.6 is 0 Å². The number of nitrogens with zero attached hydrogens (tertiary/aromatic N) is 1. The quantitative estimate of drug-likeness (QED) is 0.720. The highest BCUT2D eigenvalue weighted by Gasteiger charge is 2.35. The van der Waals surface area contributed by atoms with Gasteiger partial charge in [0.25, 0.3) is 0 Å². The Hall–Kier alpha value is -2.29. The molecule has 1 fully saturated rings. The minimum atomic E-state index is -0.478. The molecule has 1 amide bonds. The van der Waals surface area contributed by atoms with Crippen LogP contribution in [0.3, 0.4) is 0 Å². The SMILES string of the molecule is CC(C)(C)OC(=O)N1CC[C@@H](c2ccccc2)C[C@@H]1c1ccccc1. The predicted octanol–water partition coefficient (Wildman–Crippen LogP) is 5.54. The van der Waals surface area contributed by atoms with Crippen LogP contribution in [0.2, 0.25) is 0 Å². The molecule has 132 valence electrons. The lowest BCUT2D eigenvalue weighted by molar-refractivity contribution is 0.00764. The Kier molecular flexibility index (Phi) is 5.12.